The van der Waals surface area contributed by atoms with E-state index in [1.807, 2.05) is 4.90 Å². The van der Waals surface area contributed by atoms with Gasteiger partial charge >= 0.3 is 5.97 Å². The molecule has 7 heteroatoms. The highest BCUT2D eigenvalue weighted by atomic mass is 16.6. The van der Waals surface area contributed by atoms with Crippen molar-refractivity contribution in [2.45, 2.75) is 64.5 Å². The molecule has 1 saturated carbocycles. The Labute approximate surface area is 135 Å². The summed E-state index contributed by atoms with van der Waals surface area (Å²) in [5.74, 6) is 0.125. The maximum absolute atomic E-state index is 12.3. The predicted molar refractivity (Wildman–Crippen MR) is 80.1 cm³/mol. The van der Waals surface area contributed by atoms with Crippen LogP contribution in [0.4, 0.5) is 0 Å². The number of likely N-dealkylation sites (tertiary alicyclic amines) is 1. The van der Waals surface area contributed by atoms with Crippen molar-refractivity contribution < 1.29 is 18.8 Å². The third-order valence-electron chi connectivity index (χ3n) is 4.66. The first-order valence-corrected chi connectivity index (χ1v) is 8.39. The Morgan fingerprint density at radius 2 is 2.04 bits per heavy atom. The summed E-state index contributed by atoms with van der Waals surface area (Å²) in [6.45, 7) is 2.15. The van der Waals surface area contributed by atoms with Crippen molar-refractivity contribution in [3.05, 3.63) is 11.7 Å². The molecule has 1 aromatic rings. The van der Waals surface area contributed by atoms with Crippen LogP contribution in [0.5, 0.6) is 0 Å². The zero-order valence-electron chi connectivity index (χ0n) is 13.5. The van der Waals surface area contributed by atoms with Crippen molar-refractivity contribution in [3.8, 4) is 0 Å². The van der Waals surface area contributed by atoms with Crippen molar-refractivity contribution >= 4 is 11.9 Å². The van der Waals surface area contributed by atoms with Crippen molar-refractivity contribution in [2.75, 3.05) is 6.54 Å². The van der Waals surface area contributed by atoms with Crippen molar-refractivity contribution in [1.29, 1.82) is 0 Å². The number of hydrogen-bond acceptors (Lipinski definition) is 6. The Morgan fingerprint density at radius 3 is 2.70 bits per heavy atom. The summed E-state index contributed by atoms with van der Waals surface area (Å²) in [4.78, 5) is 30.3. The quantitative estimate of drug-likeness (QED) is 0.623. The number of carbonyl (C=O) groups excluding carboxylic acids is 2. The van der Waals surface area contributed by atoms with E-state index < -0.39 is 0 Å². The van der Waals surface area contributed by atoms with Crippen LogP contribution in [0.3, 0.4) is 0 Å². The van der Waals surface area contributed by atoms with Crippen LogP contribution in [-0.2, 0) is 20.9 Å². The molecule has 0 N–H and O–H groups in total. The molecule has 1 atom stereocenters. The van der Waals surface area contributed by atoms with Crippen molar-refractivity contribution in [3.63, 3.8) is 0 Å². The minimum atomic E-state index is -0.380. The molecule has 0 bridgehead atoms. The highest BCUT2D eigenvalue weighted by molar-refractivity contribution is 5.87. The van der Waals surface area contributed by atoms with Gasteiger partial charge in [0.15, 0.2) is 12.4 Å². The zero-order chi connectivity index (χ0) is 16.2. The number of nitrogens with zero attached hydrogens (tertiary/aromatic N) is 3. The molecule has 0 radical (unpaired) electrons. The van der Waals surface area contributed by atoms with E-state index in [1.54, 1.807) is 6.92 Å². The van der Waals surface area contributed by atoms with Gasteiger partial charge in [-0.1, -0.05) is 30.8 Å². The molecule has 1 aromatic heterocycles. The van der Waals surface area contributed by atoms with Crippen LogP contribution in [0.2, 0.25) is 0 Å². The average Bonchev–Trinajstić information content (AvgIpc) is 3.01. The van der Waals surface area contributed by atoms with E-state index in [1.165, 1.54) is 25.7 Å². The van der Waals surface area contributed by atoms with E-state index in [2.05, 4.69) is 10.1 Å². The highest BCUT2D eigenvalue weighted by Crippen LogP contribution is 2.28. The summed E-state index contributed by atoms with van der Waals surface area (Å²) < 4.78 is 10.1. The van der Waals surface area contributed by atoms with Gasteiger partial charge in [0.1, 0.15) is 0 Å². The SMILES string of the molecule is Cc1noc(COC(=O)[C@H]2CC(=O)N(C3CCCCCC3)C2)n1. The molecule has 2 fully saturated rings. The normalized spacial score (nSPS) is 23.1. The minimum Gasteiger partial charge on any atom is -0.455 e. The lowest BCUT2D eigenvalue weighted by molar-refractivity contribution is -0.150. The van der Waals surface area contributed by atoms with Crippen LogP contribution >= 0.6 is 0 Å². The third kappa shape index (κ3) is 3.89. The van der Waals surface area contributed by atoms with Gasteiger partial charge in [-0.3, -0.25) is 9.59 Å². The minimum absolute atomic E-state index is 0.0339. The van der Waals surface area contributed by atoms with E-state index in [4.69, 9.17) is 9.26 Å². The molecule has 1 aliphatic heterocycles. The molecule has 1 saturated heterocycles. The molecule has 1 amide bonds. The lowest BCUT2D eigenvalue weighted by Gasteiger charge is -2.27. The Kier molecular flexibility index (Phi) is 4.93. The molecule has 0 unspecified atom stereocenters. The number of esters is 1. The fraction of sp³-hybridized carbons (Fsp3) is 0.750. The van der Waals surface area contributed by atoms with Gasteiger partial charge in [0.2, 0.25) is 5.91 Å². The molecule has 0 aromatic carbocycles. The number of amides is 1. The fourth-order valence-corrected chi connectivity index (χ4v) is 3.46. The van der Waals surface area contributed by atoms with Crippen LogP contribution < -0.4 is 0 Å². The number of hydrogen-bond donors (Lipinski definition) is 0. The van der Waals surface area contributed by atoms with E-state index >= 15 is 0 Å². The lowest BCUT2D eigenvalue weighted by Crippen LogP contribution is -2.36. The summed E-state index contributed by atoms with van der Waals surface area (Å²) in [6.07, 6.45) is 7.17. The Hall–Kier alpha value is -1.92. The molecular formula is C16H23N3O4. The molecular weight excluding hydrogens is 298 g/mol. The monoisotopic (exact) mass is 321 g/mol. The van der Waals surface area contributed by atoms with E-state index in [9.17, 15) is 9.59 Å². The van der Waals surface area contributed by atoms with Gasteiger partial charge < -0.3 is 14.2 Å². The first-order chi connectivity index (χ1) is 11.1. The van der Waals surface area contributed by atoms with Gasteiger partial charge in [0.05, 0.1) is 5.92 Å². The standard InChI is InChI=1S/C16H23N3O4/c1-11-17-14(23-18-11)10-22-16(21)12-8-15(20)19(9-12)13-6-4-2-3-5-7-13/h12-13H,2-10H2,1H3/t12-/m0/s1. The van der Waals surface area contributed by atoms with Crippen molar-refractivity contribution in [2.24, 2.45) is 5.92 Å². The largest absolute Gasteiger partial charge is 0.455 e. The highest BCUT2D eigenvalue weighted by Gasteiger charge is 2.38. The number of ether oxygens (including phenoxy) is 1. The molecule has 1 aliphatic carbocycles. The molecule has 126 valence electrons. The number of aromatic nitrogens is 2. The first-order valence-electron chi connectivity index (χ1n) is 8.39. The Bertz CT molecular complexity index is 563. The topological polar surface area (TPSA) is 85.5 Å². The van der Waals surface area contributed by atoms with E-state index in [0.717, 1.165) is 12.8 Å². The molecule has 2 aliphatic rings. The van der Waals surface area contributed by atoms with E-state index in [-0.39, 0.29) is 36.7 Å². The van der Waals surface area contributed by atoms with Gasteiger partial charge in [-0.05, 0) is 19.8 Å². The van der Waals surface area contributed by atoms with Crippen LogP contribution in [-0.4, -0.2) is 39.5 Å². The van der Waals surface area contributed by atoms with Crippen LogP contribution in [0.1, 0.15) is 56.7 Å². The summed E-state index contributed by atoms with van der Waals surface area (Å²) in [6, 6.07) is 0.293. The predicted octanol–water partition coefficient (Wildman–Crippen LogP) is 1.99. The zero-order valence-corrected chi connectivity index (χ0v) is 13.5. The van der Waals surface area contributed by atoms with Crippen LogP contribution in [0.15, 0.2) is 4.52 Å². The summed E-state index contributed by atoms with van der Waals surface area (Å²) in [5, 5.41) is 3.65. The molecule has 23 heavy (non-hydrogen) atoms. The molecule has 7 nitrogen and oxygen atoms in total. The van der Waals surface area contributed by atoms with E-state index in [0.29, 0.717) is 18.4 Å². The fourth-order valence-electron chi connectivity index (χ4n) is 3.46. The summed E-state index contributed by atoms with van der Waals surface area (Å²) in [7, 11) is 0. The second-order valence-electron chi connectivity index (χ2n) is 6.44. The Balaban J connectivity index is 1.52. The second-order valence-corrected chi connectivity index (χ2v) is 6.44. The summed E-state index contributed by atoms with van der Waals surface area (Å²) >= 11 is 0. The summed E-state index contributed by atoms with van der Waals surface area (Å²) in [5.41, 5.74) is 0. The number of aryl methyl sites for hydroxylation is 1. The second kappa shape index (κ2) is 7.10. The maximum Gasteiger partial charge on any atom is 0.311 e. The van der Waals surface area contributed by atoms with Gasteiger partial charge in [0, 0.05) is 19.0 Å². The van der Waals surface area contributed by atoms with Crippen LogP contribution in [0.25, 0.3) is 0 Å². The third-order valence-corrected chi connectivity index (χ3v) is 4.66. The van der Waals surface area contributed by atoms with Crippen LogP contribution in [0, 0.1) is 12.8 Å². The smallest absolute Gasteiger partial charge is 0.311 e. The number of rotatable bonds is 4. The van der Waals surface area contributed by atoms with Gasteiger partial charge in [-0.25, -0.2) is 0 Å². The molecule has 0 spiro atoms. The van der Waals surface area contributed by atoms with Gasteiger partial charge in [-0.2, -0.15) is 4.98 Å². The van der Waals surface area contributed by atoms with Crippen molar-refractivity contribution in [1.82, 2.24) is 15.0 Å². The molecule has 3 rings (SSSR count). The van der Waals surface area contributed by atoms with Gasteiger partial charge in [0.25, 0.3) is 5.89 Å². The Morgan fingerprint density at radius 1 is 1.30 bits per heavy atom. The average molecular weight is 321 g/mol. The van der Waals surface area contributed by atoms with Gasteiger partial charge in [-0.15, -0.1) is 0 Å². The maximum atomic E-state index is 12.3. The first kappa shape index (κ1) is 16.0. The lowest BCUT2D eigenvalue weighted by atomic mass is 10.1. The molecule has 2 heterocycles. The number of carbonyl (C=O) groups is 2.